The molecular weight excluding hydrogens is 348 g/mol. The summed E-state index contributed by atoms with van der Waals surface area (Å²) in [6.07, 6.45) is 1.71. The highest BCUT2D eigenvalue weighted by Crippen LogP contribution is 2.29. The average Bonchev–Trinajstić information content (AvgIpc) is 2.69. The molecule has 0 saturated carbocycles. The van der Waals surface area contributed by atoms with Crippen molar-refractivity contribution in [3.63, 3.8) is 0 Å². The summed E-state index contributed by atoms with van der Waals surface area (Å²) in [5, 5.41) is 3.35. The Hall–Kier alpha value is -2.38. The van der Waals surface area contributed by atoms with Gasteiger partial charge in [-0.3, -0.25) is 14.5 Å². The van der Waals surface area contributed by atoms with Crippen LogP contribution in [0, 0.1) is 0 Å². The Bertz CT molecular complexity index is 761. The van der Waals surface area contributed by atoms with E-state index in [0.29, 0.717) is 38.3 Å². The molecule has 7 heteroatoms. The summed E-state index contributed by atoms with van der Waals surface area (Å²) in [7, 11) is 1.64. The Kier molecular flexibility index (Phi) is 6.25. The molecule has 1 aliphatic rings. The molecule has 0 unspecified atom stereocenters. The molecule has 3 rings (SSSR count). The van der Waals surface area contributed by atoms with E-state index in [2.05, 4.69) is 15.2 Å². The second-order valence-corrected chi connectivity index (χ2v) is 7.07. The Morgan fingerprint density at radius 2 is 1.81 bits per heavy atom. The van der Waals surface area contributed by atoms with Gasteiger partial charge in [0.15, 0.2) is 0 Å². The van der Waals surface area contributed by atoms with Crippen molar-refractivity contribution in [1.82, 2.24) is 20.1 Å². The molecule has 1 aromatic carbocycles. The molecule has 1 aromatic heterocycles. The molecule has 2 aromatic rings. The van der Waals surface area contributed by atoms with Gasteiger partial charge in [-0.25, -0.2) is 4.98 Å². The SMILES string of the molecule is CNC(=O)CN1CCN(C(=O)c2cccnc2Sc2ccccc2)CC1. The summed E-state index contributed by atoms with van der Waals surface area (Å²) < 4.78 is 0. The fourth-order valence-corrected chi connectivity index (χ4v) is 3.69. The lowest BCUT2D eigenvalue weighted by atomic mass is 10.2. The Morgan fingerprint density at radius 1 is 1.08 bits per heavy atom. The summed E-state index contributed by atoms with van der Waals surface area (Å²) in [5.74, 6) is -0.00490. The zero-order valence-electron chi connectivity index (χ0n) is 14.7. The van der Waals surface area contributed by atoms with E-state index in [4.69, 9.17) is 0 Å². The van der Waals surface area contributed by atoms with Gasteiger partial charge in [-0.05, 0) is 24.3 Å². The van der Waals surface area contributed by atoms with Crippen LogP contribution in [0.1, 0.15) is 10.4 Å². The number of carbonyl (C=O) groups is 2. The molecular formula is C19H22N4O2S. The molecule has 0 aliphatic carbocycles. The van der Waals surface area contributed by atoms with E-state index in [1.54, 1.807) is 19.3 Å². The van der Waals surface area contributed by atoms with Crippen molar-refractivity contribution < 1.29 is 9.59 Å². The van der Waals surface area contributed by atoms with Gasteiger partial charge in [0.05, 0.1) is 12.1 Å². The maximum Gasteiger partial charge on any atom is 0.256 e. The summed E-state index contributed by atoms with van der Waals surface area (Å²) in [6.45, 7) is 2.99. The first-order chi connectivity index (χ1) is 12.7. The minimum atomic E-state index is -0.00359. The number of nitrogens with one attached hydrogen (secondary N) is 1. The van der Waals surface area contributed by atoms with E-state index in [-0.39, 0.29) is 11.8 Å². The third kappa shape index (κ3) is 4.62. The van der Waals surface area contributed by atoms with Crippen molar-refractivity contribution >= 4 is 23.6 Å². The topological polar surface area (TPSA) is 65.5 Å². The molecule has 6 nitrogen and oxygen atoms in total. The van der Waals surface area contributed by atoms with Crippen LogP contribution >= 0.6 is 11.8 Å². The first-order valence-corrected chi connectivity index (χ1v) is 9.39. The number of pyridine rings is 1. The Morgan fingerprint density at radius 3 is 2.50 bits per heavy atom. The van der Waals surface area contributed by atoms with E-state index >= 15 is 0 Å². The second kappa shape index (κ2) is 8.82. The van der Waals surface area contributed by atoms with E-state index in [0.717, 1.165) is 9.92 Å². The van der Waals surface area contributed by atoms with Crippen LogP contribution in [0.25, 0.3) is 0 Å². The summed E-state index contributed by atoms with van der Waals surface area (Å²) in [6, 6.07) is 13.5. The maximum absolute atomic E-state index is 13.0. The molecule has 0 bridgehead atoms. The van der Waals surface area contributed by atoms with E-state index in [1.807, 2.05) is 41.3 Å². The van der Waals surface area contributed by atoms with Crippen molar-refractivity contribution in [2.24, 2.45) is 0 Å². The predicted octanol–water partition coefficient (Wildman–Crippen LogP) is 1.74. The molecule has 1 saturated heterocycles. The summed E-state index contributed by atoms with van der Waals surface area (Å²) >= 11 is 1.50. The minimum Gasteiger partial charge on any atom is -0.358 e. The fraction of sp³-hybridized carbons (Fsp3) is 0.316. The molecule has 0 spiro atoms. The lowest BCUT2D eigenvalue weighted by molar-refractivity contribution is -0.122. The first-order valence-electron chi connectivity index (χ1n) is 8.57. The second-order valence-electron chi connectivity index (χ2n) is 6.01. The van der Waals surface area contributed by atoms with Gasteiger partial charge < -0.3 is 10.2 Å². The smallest absolute Gasteiger partial charge is 0.256 e. The van der Waals surface area contributed by atoms with Crippen LogP contribution in [0.5, 0.6) is 0 Å². The zero-order chi connectivity index (χ0) is 18.4. The highest BCUT2D eigenvalue weighted by molar-refractivity contribution is 7.99. The molecule has 2 amide bonds. The van der Waals surface area contributed by atoms with Crippen molar-refractivity contribution in [2.75, 3.05) is 39.8 Å². The Balaban J connectivity index is 1.66. The zero-order valence-corrected chi connectivity index (χ0v) is 15.5. The van der Waals surface area contributed by atoms with E-state index < -0.39 is 0 Å². The van der Waals surface area contributed by atoms with Crippen LogP contribution in [0.2, 0.25) is 0 Å². The summed E-state index contributed by atoms with van der Waals surface area (Å²) in [5.41, 5.74) is 0.626. The van der Waals surface area contributed by atoms with Gasteiger partial charge in [0.2, 0.25) is 5.91 Å². The number of hydrogen-bond acceptors (Lipinski definition) is 5. The Labute approximate surface area is 157 Å². The lowest BCUT2D eigenvalue weighted by Gasteiger charge is -2.34. The fourth-order valence-electron chi connectivity index (χ4n) is 2.80. The monoisotopic (exact) mass is 370 g/mol. The van der Waals surface area contributed by atoms with Gasteiger partial charge in [0.1, 0.15) is 5.03 Å². The lowest BCUT2D eigenvalue weighted by Crippen LogP contribution is -2.51. The van der Waals surface area contributed by atoms with Gasteiger partial charge in [0.25, 0.3) is 5.91 Å². The van der Waals surface area contributed by atoms with E-state index in [9.17, 15) is 9.59 Å². The minimum absolute atomic E-state index is 0.00131. The molecule has 1 aliphatic heterocycles. The highest BCUT2D eigenvalue weighted by Gasteiger charge is 2.25. The van der Waals surface area contributed by atoms with Crippen molar-refractivity contribution in [2.45, 2.75) is 9.92 Å². The number of amides is 2. The largest absolute Gasteiger partial charge is 0.358 e. The van der Waals surface area contributed by atoms with E-state index in [1.165, 1.54) is 11.8 Å². The number of aromatic nitrogens is 1. The van der Waals surface area contributed by atoms with Crippen molar-refractivity contribution in [1.29, 1.82) is 0 Å². The van der Waals surface area contributed by atoms with Crippen LogP contribution in [-0.4, -0.2) is 66.4 Å². The molecule has 26 heavy (non-hydrogen) atoms. The first kappa shape index (κ1) is 18.4. The normalized spacial score (nSPS) is 14.9. The number of rotatable bonds is 5. The number of piperazine rings is 1. The van der Waals surface area contributed by atoms with Crippen LogP contribution in [0.4, 0.5) is 0 Å². The third-order valence-electron chi connectivity index (χ3n) is 4.26. The predicted molar refractivity (Wildman–Crippen MR) is 101 cm³/mol. The van der Waals surface area contributed by atoms with Gasteiger partial charge in [-0.1, -0.05) is 30.0 Å². The molecule has 136 valence electrons. The van der Waals surface area contributed by atoms with Gasteiger partial charge in [-0.2, -0.15) is 0 Å². The van der Waals surface area contributed by atoms with Crippen LogP contribution < -0.4 is 5.32 Å². The molecule has 0 atom stereocenters. The third-order valence-corrected chi connectivity index (χ3v) is 5.29. The number of carbonyl (C=O) groups excluding carboxylic acids is 2. The van der Waals surface area contributed by atoms with Gasteiger partial charge in [-0.15, -0.1) is 0 Å². The number of likely N-dealkylation sites (N-methyl/N-ethyl adjacent to an activating group) is 1. The quantitative estimate of drug-likeness (QED) is 0.868. The number of nitrogens with zero attached hydrogens (tertiary/aromatic N) is 3. The van der Waals surface area contributed by atoms with Crippen molar-refractivity contribution in [3.05, 3.63) is 54.2 Å². The number of hydrogen-bond donors (Lipinski definition) is 1. The molecule has 0 radical (unpaired) electrons. The van der Waals surface area contributed by atoms with Gasteiger partial charge >= 0.3 is 0 Å². The van der Waals surface area contributed by atoms with Crippen LogP contribution in [0.15, 0.2) is 58.6 Å². The standard InChI is InChI=1S/C19H22N4O2S/c1-20-17(24)14-22-10-12-23(13-11-22)19(25)16-8-5-9-21-18(16)26-15-6-3-2-4-7-15/h2-9H,10-14H2,1H3,(H,20,24). The molecule has 1 N–H and O–H groups in total. The highest BCUT2D eigenvalue weighted by atomic mass is 32.2. The summed E-state index contributed by atoms with van der Waals surface area (Å²) in [4.78, 5) is 33.8. The molecule has 1 fully saturated rings. The van der Waals surface area contributed by atoms with Gasteiger partial charge in [0, 0.05) is 44.3 Å². The van der Waals surface area contributed by atoms with Crippen LogP contribution in [-0.2, 0) is 4.79 Å². The maximum atomic E-state index is 13.0. The molecule has 2 heterocycles. The number of benzene rings is 1. The average molecular weight is 370 g/mol. The van der Waals surface area contributed by atoms with Crippen molar-refractivity contribution in [3.8, 4) is 0 Å². The van der Waals surface area contributed by atoms with Crippen LogP contribution in [0.3, 0.4) is 0 Å².